The van der Waals surface area contributed by atoms with Gasteiger partial charge in [0.05, 0.1) is 25.4 Å². The predicted molar refractivity (Wildman–Crippen MR) is 53.8 cm³/mol. The van der Waals surface area contributed by atoms with Crippen molar-refractivity contribution in [3.8, 4) is 0 Å². The van der Waals surface area contributed by atoms with Crippen molar-refractivity contribution >= 4 is 0 Å². The summed E-state index contributed by atoms with van der Waals surface area (Å²) in [6.45, 7) is 0.665. The zero-order chi connectivity index (χ0) is 11.5. The molecule has 1 fully saturated rings. The average molecular weight is 229 g/mol. The largest absolute Gasteiger partial charge is 0.389 e. The summed E-state index contributed by atoms with van der Waals surface area (Å²) in [6.07, 6.45) is -0.616. The highest BCUT2D eigenvalue weighted by atomic mass is 19.1. The second-order valence-electron chi connectivity index (χ2n) is 3.79. The molecule has 0 radical (unpaired) electrons. The van der Waals surface area contributed by atoms with E-state index in [4.69, 9.17) is 4.74 Å². The van der Waals surface area contributed by atoms with E-state index in [1.54, 1.807) is 0 Å². The summed E-state index contributed by atoms with van der Waals surface area (Å²) in [7, 11) is 0. The Balaban J connectivity index is 1.99. The second-order valence-corrected chi connectivity index (χ2v) is 3.79. The summed E-state index contributed by atoms with van der Waals surface area (Å²) in [5.41, 5.74) is -0.0124. The molecule has 2 N–H and O–H groups in total. The Hall–Kier alpha value is -1.04. The third-order valence-electron chi connectivity index (χ3n) is 2.65. The molecule has 0 amide bonds. The third kappa shape index (κ3) is 2.37. The van der Waals surface area contributed by atoms with E-state index in [2.05, 4.69) is 5.32 Å². The van der Waals surface area contributed by atoms with Crippen LogP contribution in [0.4, 0.5) is 8.78 Å². The number of aliphatic hydroxyl groups excluding tert-OH is 1. The SMILES string of the molecule is O[C@@H]1COC[C@H]1NCc1c(F)cccc1F. The molecule has 3 nitrogen and oxygen atoms in total. The standard InChI is InChI=1S/C11H13F2NO2/c12-8-2-1-3-9(13)7(8)4-14-10-5-16-6-11(10)15/h1-3,10-11,14-15H,4-6H2/t10-,11-/m1/s1. The minimum atomic E-state index is -0.616. The van der Waals surface area contributed by atoms with E-state index < -0.39 is 17.7 Å². The van der Waals surface area contributed by atoms with Crippen molar-refractivity contribution in [2.24, 2.45) is 0 Å². The van der Waals surface area contributed by atoms with Gasteiger partial charge in [0.2, 0.25) is 0 Å². The fourth-order valence-corrected chi connectivity index (χ4v) is 1.67. The molecule has 1 saturated heterocycles. The van der Waals surface area contributed by atoms with Gasteiger partial charge in [-0.25, -0.2) is 8.78 Å². The summed E-state index contributed by atoms with van der Waals surface area (Å²) < 4.78 is 31.5. The fourth-order valence-electron chi connectivity index (χ4n) is 1.67. The molecule has 1 aromatic carbocycles. The van der Waals surface area contributed by atoms with Crippen LogP contribution in [0.1, 0.15) is 5.56 Å². The number of nitrogens with one attached hydrogen (secondary N) is 1. The highest BCUT2D eigenvalue weighted by molar-refractivity contribution is 5.19. The Kier molecular flexibility index (Phi) is 3.48. The monoisotopic (exact) mass is 229 g/mol. The van der Waals surface area contributed by atoms with Crippen molar-refractivity contribution in [2.45, 2.75) is 18.7 Å². The first kappa shape index (κ1) is 11.4. The lowest BCUT2D eigenvalue weighted by Crippen LogP contribution is -2.38. The molecule has 1 aliphatic heterocycles. The van der Waals surface area contributed by atoms with Gasteiger partial charge in [-0.15, -0.1) is 0 Å². The molecule has 0 saturated carbocycles. The number of halogens is 2. The number of aliphatic hydroxyl groups is 1. The molecule has 1 aromatic rings. The van der Waals surface area contributed by atoms with E-state index in [0.29, 0.717) is 6.61 Å². The maximum atomic E-state index is 13.2. The average Bonchev–Trinajstić information content (AvgIpc) is 2.64. The van der Waals surface area contributed by atoms with Gasteiger partial charge in [-0.2, -0.15) is 0 Å². The van der Waals surface area contributed by atoms with Crippen LogP contribution in [0.5, 0.6) is 0 Å². The van der Waals surface area contributed by atoms with Crippen molar-refractivity contribution in [1.29, 1.82) is 0 Å². The third-order valence-corrected chi connectivity index (χ3v) is 2.65. The Morgan fingerprint density at radius 1 is 1.31 bits per heavy atom. The van der Waals surface area contributed by atoms with Crippen molar-refractivity contribution in [3.63, 3.8) is 0 Å². The van der Waals surface area contributed by atoms with Crippen LogP contribution in [0.15, 0.2) is 18.2 Å². The lowest BCUT2D eigenvalue weighted by atomic mass is 10.1. The lowest BCUT2D eigenvalue weighted by Gasteiger charge is -2.15. The van der Waals surface area contributed by atoms with Gasteiger partial charge < -0.3 is 15.2 Å². The molecule has 0 aromatic heterocycles. The van der Waals surface area contributed by atoms with Crippen LogP contribution in [0.25, 0.3) is 0 Å². The van der Waals surface area contributed by atoms with E-state index in [1.165, 1.54) is 18.2 Å². The minimum absolute atomic E-state index is 0.0124. The van der Waals surface area contributed by atoms with E-state index in [1.807, 2.05) is 0 Å². The number of hydrogen-bond acceptors (Lipinski definition) is 3. The summed E-state index contributed by atoms with van der Waals surface area (Å²) >= 11 is 0. The molecule has 1 aliphatic rings. The van der Waals surface area contributed by atoms with Crippen molar-refractivity contribution in [2.75, 3.05) is 13.2 Å². The maximum absolute atomic E-state index is 13.2. The molecule has 88 valence electrons. The van der Waals surface area contributed by atoms with Crippen LogP contribution in [0.3, 0.4) is 0 Å². The number of hydrogen-bond donors (Lipinski definition) is 2. The summed E-state index contributed by atoms with van der Waals surface area (Å²) in [5, 5.41) is 12.3. The first-order valence-corrected chi connectivity index (χ1v) is 5.10. The Labute approximate surface area is 92.0 Å². The quantitative estimate of drug-likeness (QED) is 0.806. The van der Waals surface area contributed by atoms with E-state index in [0.717, 1.165) is 0 Å². The van der Waals surface area contributed by atoms with Gasteiger partial charge in [-0.05, 0) is 12.1 Å². The van der Waals surface area contributed by atoms with Gasteiger partial charge in [0.1, 0.15) is 11.6 Å². The van der Waals surface area contributed by atoms with Crippen LogP contribution in [0.2, 0.25) is 0 Å². The molecule has 5 heteroatoms. The summed E-state index contributed by atoms with van der Waals surface area (Å²) in [6, 6.07) is 3.48. The fraction of sp³-hybridized carbons (Fsp3) is 0.455. The van der Waals surface area contributed by atoms with E-state index in [-0.39, 0.29) is 24.8 Å². The van der Waals surface area contributed by atoms with Gasteiger partial charge in [-0.1, -0.05) is 6.07 Å². The molecule has 1 heterocycles. The summed E-state index contributed by atoms with van der Waals surface area (Å²) in [4.78, 5) is 0. The topological polar surface area (TPSA) is 41.5 Å². The second kappa shape index (κ2) is 4.86. The number of ether oxygens (including phenoxy) is 1. The molecule has 0 spiro atoms. The first-order valence-electron chi connectivity index (χ1n) is 5.10. The van der Waals surface area contributed by atoms with Gasteiger partial charge in [0.15, 0.2) is 0 Å². The Morgan fingerprint density at radius 3 is 2.56 bits per heavy atom. The van der Waals surface area contributed by atoms with Crippen LogP contribution in [0, 0.1) is 11.6 Å². The van der Waals surface area contributed by atoms with Gasteiger partial charge in [0, 0.05) is 12.1 Å². The smallest absolute Gasteiger partial charge is 0.130 e. The maximum Gasteiger partial charge on any atom is 0.130 e. The molecule has 2 rings (SSSR count). The molecule has 0 unspecified atom stereocenters. The van der Waals surface area contributed by atoms with Gasteiger partial charge >= 0.3 is 0 Å². The number of benzene rings is 1. The molecular formula is C11H13F2NO2. The molecule has 16 heavy (non-hydrogen) atoms. The van der Waals surface area contributed by atoms with Gasteiger partial charge in [-0.3, -0.25) is 0 Å². The van der Waals surface area contributed by atoms with Crippen molar-refractivity contribution in [1.82, 2.24) is 5.32 Å². The highest BCUT2D eigenvalue weighted by Gasteiger charge is 2.25. The lowest BCUT2D eigenvalue weighted by molar-refractivity contribution is 0.122. The van der Waals surface area contributed by atoms with Crippen molar-refractivity contribution in [3.05, 3.63) is 35.4 Å². The van der Waals surface area contributed by atoms with Crippen LogP contribution < -0.4 is 5.32 Å². The first-order chi connectivity index (χ1) is 7.68. The molecule has 0 bridgehead atoms. The summed E-state index contributed by atoms with van der Waals surface area (Å²) in [5.74, 6) is -1.16. The molecule has 0 aliphatic carbocycles. The van der Waals surface area contributed by atoms with Gasteiger partial charge in [0.25, 0.3) is 0 Å². The predicted octanol–water partition coefficient (Wildman–Crippen LogP) is 0.814. The highest BCUT2D eigenvalue weighted by Crippen LogP contribution is 2.13. The Morgan fingerprint density at radius 2 is 2.00 bits per heavy atom. The molecular weight excluding hydrogens is 216 g/mol. The molecule has 2 atom stereocenters. The van der Waals surface area contributed by atoms with Crippen LogP contribution >= 0.6 is 0 Å². The zero-order valence-corrected chi connectivity index (χ0v) is 8.62. The van der Waals surface area contributed by atoms with Crippen LogP contribution in [-0.4, -0.2) is 30.5 Å². The minimum Gasteiger partial charge on any atom is -0.389 e. The Bertz CT molecular complexity index is 353. The van der Waals surface area contributed by atoms with E-state index >= 15 is 0 Å². The van der Waals surface area contributed by atoms with E-state index in [9.17, 15) is 13.9 Å². The number of rotatable bonds is 3. The zero-order valence-electron chi connectivity index (χ0n) is 8.62. The normalized spacial score (nSPS) is 24.9. The van der Waals surface area contributed by atoms with Crippen molar-refractivity contribution < 1.29 is 18.6 Å². The van der Waals surface area contributed by atoms with Crippen LogP contribution in [-0.2, 0) is 11.3 Å².